The summed E-state index contributed by atoms with van der Waals surface area (Å²) in [4.78, 5) is 3.20. The van der Waals surface area contributed by atoms with Gasteiger partial charge in [0, 0.05) is 29.3 Å². The van der Waals surface area contributed by atoms with E-state index < -0.39 is 0 Å². The van der Waals surface area contributed by atoms with Crippen LogP contribution in [0.25, 0.3) is 10.9 Å². The normalized spacial score (nSPS) is 10.8. The fraction of sp³-hybridized carbons (Fsp3) is 0.176. The number of H-pyrrole nitrogens is 1. The van der Waals surface area contributed by atoms with Gasteiger partial charge in [-0.25, -0.2) is 0 Å². The molecule has 0 radical (unpaired) electrons. The van der Waals surface area contributed by atoms with Crippen LogP contribution in [-0.4, -0.2) is 12.1 Å². The first-order chi connectivity index (χ1) is 10.2. The van der Waals surface area contributed by atoms with Gasteiger partial charge in [-0.1, -0.05) is 17.7 Å². The molecule has 2 N–H and O–H groups in total. The molecule has 0 aliphatic carbocycles. The van der Waals surface area contributed by atoms with Gasteiger partial charge < -0.3 is 15.0 Å². The summed E-state index contributed by atoms with van der Waals surface area (Å²) in [5.74, 6) is 0.758. The number of hydrogen-bond acceptors (Lipinski definition) is 2. The van der Waals surface area contributed by atoms with Crippen LogP contribution in [0.4, 0.5) is 5.69 Å². The van der Waals surface area contributed by atoms with E-state index in [1.807, 2.05) is 25.3 Å². The second-order valence-corrected chi connectivity index (χ2v) is 5.46. The Kier molecular flexibility index (Phi) is 3.76. The zero-order chi connectivity index (χ0) is 14.8. The standard InChI is InChI=1S/C17H17ClN2O/c1-11-7-16(17(21-2)9-14(11)18)20-10-12-3-4-15-13(8-12)5-6-19-15/h3-9,19-20H,10H2,1-2H3. The van der Waals surface area contributed by atoms with E-state index >= 15 is 0 Å². The van der Waals surface area contributed by atoms with Crippen LogP contribution in [-0.2, 0) is 6.54 Å². The molecule has 0 atom stereocenters. The van der Waals surface area contributed by atoms with Gasteiger partial charge >= 0.3 is 0 Å². The van der Waals surface area contributed by atoms with Crippen LogP contribution in [0.5, 0.6) is 5.75 Å². The van der Waals surface area contributed by atoms with Gasteiger partial charge in [0.2, 0.25) is 0 Å². The lowest BCUT2D eigenvalue weighted by Gasteiger charge is -2.13. The molecule has 108 valence electrons. The molecule has 0 saturated heterocycles. The van der Waals surface area contributed by atoms with Crippen molar-refractivity contribution in [1.82, 2.24) is 4.98 Å². The Labute approximate surface area is 128 Å². The molecule has 2 aromatic carbocycles. The zero-order valence-corrected chi connectivity index (χ0v) is 12.8. The Morgan fingerprint density at radius 3 is 2.86 bits per heavy atom. The maximum absolute atomic E-state index is 6.12. The van der Waals surface area contributed by atoms with E-state index in [1.165, 1.54) is 10.9 Å². The van der Waals surface area contributed by atoms with E-state index in [0.717, 1.165) is 29.1 Å². The molecule has 0 amide bonds. The first-order valence-corrected chi connectivity index (χ1v) is 7.19. The van der Waals surface area contributed by atoms with Crippen molar-refractivity contribution < 1.29 is 4.74 Å². The maximum Gasteiger partial charge on any atom is 0.143 e. The van der Waals surface area contributed by atoms with Crippen molar-refractivity contribution in [2.45, 2.75) is 13.5 Å². The summed E-state index contributed by atoms with van der Waals surface area (Å²) in [6, 6.07) is 12.3. The molecule has 0 aliphatic rings. The lowest BCUT2D eigenvalue weighted by Crippen LogP contribution is -2.02. The number of fused-ring (bicyclic) bond motifs is 1. The first-order valence-electron chi connectivity index (χ1n) is 6.81. The first kappa shape index (κ1) is 13.8. The average Bonchev–Trinajstić information content (AvgIpc) is 2.95. The number of anilines is 1. The number of nitrogens with one attached hydrogen (secondary N) is 2. The molecule has 4 heteroatoms. The summed E-state index contributed by atoms with van der Waals surface area (Å²) in [6.45, 7) is 2.72. The van der Waals surface area contributed by atoms with E-state index in [0.29, 0.717) is 5.02 Å². The summed E-state index contributed by atoms with van der Waals surface area (Å²) in [5.41, 5.74) is 4.35. The highest BCUT2D eigenvalue weighted by Gasteiger charge is 2.07. The minimum Gasteiger partial charge on any atom is -0.495 e. The molecule has 3 nitrogen and oxygen atoms in total. The van der Waals surface area contributed by atoms with Crippen molar-refractivity contribution in [2.75, 3.05) is 12.4 Å². The van der Waals surface area contributed by atoms with Gasteiger partial charge in [-0.05, 0) is 47.7 Å². The van der Waals surface area contributed by atoms with Crippen LogP contribution in [0.2, 0.25) is 5.02 Å². The predicted molar refractivity (Wildman–Crippen MR) is 88.4 cm³/mol. The highest BCUT2D eigenvalue weighted by Crippen LogP contribution is 2.31. The number of aromatic amines is 1. The van der Waals surface area contributed by atoms with Crippen molar-refractivity contribution in [2.24, 2.45) is 0 Å². The largest absolute Gasteiger partial charge is 0.495 e. The van der Waals surface area contributed by atoms with Crippen LogP contribution in [0, 0.1) is 6.92 Å². The van der Waals surface area contributed by atoms with Gasteiger partial charge in [0.05, 0.1) is 12.8 Å². The lowest BCUT2D eigenvalue weighted by molar-refractivity contribution is 0.416. The minimum atomic E-state index is 0.714. The number of rotatable bonds is 4. The lowest BCUT2D eigenvalue weighted by atomic mass is 10.1. The van der Waals surface area contributed by atoms with E-state index in [4.69, 9.17) is 16.3 Å². The van der Waals surface area contributed by atoms with Crippen molar-refractivity contribution in [3.8, 4) is 5.75 Å². The number of ether oxygens (including phenoxy) is 1. The Hall–Kier alpha value is -2.13. The molecule has 3 aromatic rings. The second-order valence-electron chi connectivity index (χ2n) is 5.05. The topological polar surface area (TPSA) is 37.0 Å². The second kappa shape index (κ2) is 5.70. The summed E-state index contributed by atoms with van der Waals surface area (Å²) in [7, 11) is 1.65. The molecular weight excluding hydrogens is 284 g/mol. The van der Waals surface area contributed by atoms with E-state index in [1.54, 1.807) is 7.11 Å². The van der Waals surface area contributed by atoms with E-state index in [-0.39, 0.29) is 0 Å². The van der Waals surface area contributed by atoms with Gasteiger partial charge in [-0.2, -0.15) is 0 Å². The average molecular weight is 301 g/mol. The van der Waals surface area contributed by atoms with Gasteiger partial charge in [0.25, 0.3) is 0 Å². The molecule has 0 saturated carbocycles. The maximum atomic E-state index is 6.12. The summed E-state index contributed by atoms with van der Waals surface area (Å²) in [5, 5.41) is 5.34. The monoisotopic (exact) mass is 300 g/mol. The van der Waals surface area contributed by atoms with Crippen molar-refractivity contribution >= 4 is 28.2 Å². The fourth-order valence-corrected chi connectivity index (χ4v) is 2.53. The van der Waals surface area contributed by atoms with Crippen LogP contribution >= 0.6 is 11.6 Å². The Bertz CT molecular complexity index is 780. The third kappa shape index (κ3) is 2.83. The van der Waals surface area contributed by atoms with E-state index in [2.05, 4.69) is 34.6 Å². The highest BCUT2D eigenvalue weighted by atomic mass is 35.5. The molecular formula is C17H17ClN2O. The van der Waals surface area contributed by atoms with Gasteiger partial charge in [-0.3, -0.25) is 0 Å². The Morgan fingerprint density at radius 2 is 2.05 bits per heavy atom. The van der Waals surface area contributed by atoms with Crippen molar-refractivity contribution in [1.29, 1.82) is 0 Å². The third-order valence-corrected chi connectivity index (χ3v) is 3.99. The Balaban J connectivity index is 1.82. The summed E-state index contributed by atoms with van der Waals surface area (Å²) in [6.07, 6.45) is 1.95. The number of aryl methyl sites for hydroxylation is 1. The molecule has 21 heavy (non-hydrogen) atoms. The third-order valence-electron chi connectivity index (χ3n) is 3.58. The summed E-state index contributed by atoms with van der Waals surface area (Å²) < 4.78 is 5.38. The minimum absolute atomic E-state index is 0.714. The highest BCUT2D eigenvalue weighted by molar-refractivity contribution is 6.31. The van der Waals surface area contributed by atoms with E-state index in [9.17, 15) is 0 Å². The van der Waals surface area contributed by atoms with Crippen molar-refractivity contribution in [3.63, 3.8) is 0 Å². The van der Waals surface area contributed by atoms with Crippen LogP contribution in [0.3, 0.4) is 0 Å². The van der Waals surface area contributed by atoms with Crippen LogP contribution in [0.15, 0.2) is 42.6 Å². The molecule has 0 bridgehead atoms. The number of aromatic nitrogens is 1. The SMILES string of the molecule is COc1cc(Cl)c(C)cc1NCc1ccc2[nH]ccc2c1. The van der Waals surface area contributed by atoms with Gasteiger partial charge in [0.1, 0.15) is 5.75 Å². The Morgan fingerprint density at radius 1 is 1.19 bits per heavy atom. The number of halogens is 1. The van der Waals surface area contributed by atoms with Crippen LogP contribution in [0.1, 0.15) is 11.1 Å². The molecule has 0 fully saturated rings. The summed E-state index contributed by atoms with van der Waals surface area (Å²) >= 11 is 6.12. The number of hydrogen-bond donors (Lipinski definition) is 2. The van der Waals surface area contributed by atoms with Crippen LogP contribution < -0.4 is 10.1 Å². The van der Waals surface area contributed by atoms with Gasteiger partial charge in [0.15, 0.2) is 0 Å². The molecule has 0 unspecified atom stereocenters. The zero-order valence-electron chi connectivity index (χ0n) is 12.0. The number of methoxy groups -OCH3 is 1. The van der Waals surface area contributed by atoms with Crippen molar-refractivity contribution in [3.05, 3.63) is 58.7 Å². The number of benzene rings is 2. The smallest absolute Gasteiger partial charge is 0.143 e. The predicted octanol–water partition coefficient (Wildman–Crippen LogP) is 4.75. The quantitative estimate of drug-likeness (QED) is 0.729. The molecule has 1 heterocycles. The molecule has 0 spiro atoms. The fourth-order valence-electron chi connectivity index (χ4n) is 2.38. The van der Waals surface area contributed by atoms with Gasteiger partial charge in [-0.15, -0.1) is 0 Å². The molecule has 0 aliphatic heterocycles. The molecule has 1 aromatic heterocycles. The molecule has 3 rings (SSSR count).